The van der Waals surface area contributed by atoms with E-state index in [0.717, 1.165) is 43.2 Å². The fraction of sp³-hybridized carbons (Fsp3) is 0.636. The Bertz CT molecular complexity index is 633. The van der Waals surface area contributed by atoms with Gasteiger partial charge >= 0.3 is 6.09 Å². The number of carbonyl (C=O) groups is 1. The number of nitrogens with one attached hydrogen (secondary N) is 3. The number of ether oxygens (including phenoxy) is 3. The van der Waals surface area contributed by atoms with Crippen LogP contribution in [0.25, 0.3) is 0 Å². The normalized spacial score (nSPS) is 11.3. The van der Waals surface area contributed by atoms with Crippen LogP contribution in [-0.2, 0) is 16.1 Å². The summed E-state index contributed by atoms with van der Waals surface area (Å²) in [6, 6.07) is 7.88. The maximum atomic E-state index is 11.6. The summed E-state index contributed by atoms with van der Waals surface area (Å²) in [5.74, 6) is 1.61. The highest BCUT2D eigenvalue weighted by molar-refractivity contribution is 14.0. The van der Waals surface area contributed by atoms with Gasteiger partial charge in [-0.15, -0.1) is 24.0 Å². The third-order valence-corrected chi connectivity index (χ3v) is 3.80. The van der Waals surface area contributed by atoms with E-state index in [1.165, 1.54) is 0 Å². The van der Waals surface area contributed by atoms with Gasteiger partial charge < -0.3 is 30.2 Å². The second-order valence-corrected chi connectivity index (χ2v) is 7.72. The zero-order valence-electron chi connectivity index (χ0n) is 19.5. The van der Waals surface area contributed by atoms with Gasteiger partial charge in [-0.25, -0.2) is 4.79 Å². The van der Waals surface area contributed by atoms with Crippen LogP contribution in [0.3, 0.4) is 0 Å². The molecule has 178 valence electrons. The summed E-state index contributed by atoms with van der Waals surface area (Å²) < 4.78 is 16.1. The lowest BCUT2D eigenvalue weighted by atomic mass is 10.2. The summed E-state index contributed by atoms with van der Waals surface area (Å²) in [6.45, 7) is 11.5. The monoisotopic (exact) mass is 550 g/mol. The third-order valence-electron chi connectivity index (χ3n) is 3.80. The minimum absolute atomic E-state index is 0. The molecule has 1 aromatic carbocycles. The van der Waals surface area contributed by atoms with E-state index in [9.17, 15) is 4.79 Å². The van der Waals surface area contributed by atoms with Gasteiger partial charge in [0, 0.05) is 32.8 Å². The Morgan fingerprint density at radius 3 is 2.32 bits per heavy atom. The van der Waals surface area contributed by atoms with Gasteiger partial charge in [0.15, 0.2) is 5.96 Å². The molecular weight excluding hydrogens is 511 g/mol. The Kier molecular flexibility index (Phi) is 15.9. The van der Waals surface area contributed by atoms with Crippen molar-refractivity contribution in [1.82, 2.24) is 16.0 Å². The Labute approximate surface area is 203 Å². The molecule has 1 aromatic rings. The van der Waals surface area contributed by atoms with Crippen LogP contribution in [0.1, 0.15) is 46.1 Å². The molecule has 0 aliphatic carbocycles. The molecule has 0 aliphatic rings. The van der Waals surface area contributed by atoms with Gasteiger partial charge in [-0.05, 0) is 58.2 Å². The first-order valence-corrected chi connectivity index (χ1v) is 10.5. The fourth-order valence-corrected chi connectivity index (χ4v) is 2.41. The zero-order chi connectivity index (χ0) is 22.2. The Morgan fingerprint density at radius 2 is 1.71 bits per heavy atom. The van der Waals surface area contributed by atoms with Gasteiger partial charge in [0.05, 0.1) is 13.7 Å². The van der Waals surface area contributed by atoms with Crippen LogP contribution in [0.2, 0.25) is 0 Å². The number of hydrogen-bond acceptors (Lipinski definition) is 5. The quantitative estimate of drug-likeness (QED) is 0.159. The standard InChI is InChI=1S/C22H38N4O4.HI/c1-6-23-20(24-13-7-14-26-21(27)30-22(2,3)4)25-15-8-16-29-17-18-9-11-19(28-5)12-10-18;/h9-12H,6-8,13-17H2,1-5H3,(H,26,27)(H2,23,24,25);1H. The van der Waals surface area contributed by atoms with Crippen LogP contribution in [0.5, 0.6) is 5.75 Å². The lowest BCUT2D eigenvalue weighted by molar-refractivity contribution is 0.0527. The van der Waals surface area contributed by atoms with Crippen molar-refractivity contribution in [3.05, 3.63) is 29.8 Å². The molecule has 0 aromatic heterocycles. The van der Waals surface area contributed by atoms with Crippen molar-refractivity contribution < 1.29 is 19.0 Å². The number of halogens is 1. The summed E-state index contributed by atoms with van der Waals surface area (Å²) in [6.07, 6.45) is 1.22. The topological polar surface area (TPSA) is 93.2 Å². The number of rotatable bonds is 12. The molecule has 1 rings (SSSR count). The minimum Gasteiger partial charge on any atom is -0.497 e. The molecule has 0 fully saturated rings. The van der Waals surface area contributed by atoms with Crippen molar-refractivity contribution in [3.8, 4) is 5.75 Å². The molecule has 8 nitrogen and oxygen atoms in total. The van der Waals surface area contributed by atoms with E-state index in [2.05, 4.69) is 20.9 Å². The highest BCUT2D eigenvalue weighted by Gasteiger charge is 2.15. The lowest BCUT2D eigenvalue weighted by Gasteiger charge is -2.19. The predicted molar refractivity (Wildman–Crippen MR) is 136 cm³/mol. The molecule has 0 heterocycles. The number of hydrogen-bond donors (Lipinski definition) is 3. The fourth-order valence-electron chi connectivity index (χ4n) is 2.41. The smallest absolute Gasteiger partial charge is 0.407 e. The molecule has 0 saturated heterocycles. The number of methoxy groups -OCH3 is 1. The Balaban J connectivity index is 0.00000900. The highest BCUT2D eigenvalue weighted by Crippen LogP contribution is 2.11. The van der Waals surface area contributed by atoms with Crippen LogP contribution in [0, 0.1) is 0 Å². The van der Waals surface area contributed by atoms with Crippen molar-refractivity contribution in [2.24, 2.45) is 4.99 Å². The molecule has 0 spiro atoms. The number of nitrogens with zero attached hydrogens (tertiary/aromatic N) is 1. The van der Waals surface area contributed by atoms with Gasteiger partial charge in [0.2, 0.25) is 0 Å². The van der Waals surface area contributed by atoms with Crippen molar-refractivity contribution in [3.63, 3.8) is 0 Å². The van der Waals surface area contributed by atoms with Gasteiger partial charge in [-0.3, -0.25) is 4.99 Å². The number of guanidine groups is 1. The molecule has 9 heteroatoms. The summed E-state index contributed by atoms with van der Waals surface area (Å²) in [7, 11) is 1.66. The molecule has 0 aliphatic heterocycles. The number of amides is 1. The minimum atomic E-state index is -0.483. The summed E-state index contributed by atoms with van der Waals surface area (Å²) >= 11 is 0. The molecule has 0 radical (unpaired) electrons. The van der Waals surface area contributed by atoms with Crippen LogP contribution >= 0.6 is 24.0 Å². The average Bonchev–Trinajstić information content (AvgIpc) is 2.69. The number of benzene rings is 1. The first-order chi connectivity index (χ1) is 14.3. The van der Waals surface area contributed by atoms with E-state index in [-0.39, 0.29) is 24.0 Å². The first-order valence-electron chi connectivity index (χ1n) is 10.5. The summed E-state index contributed by atoms with van der Waals surface area (Å²) in [5, 5.41) is 9.25. The lowest BCUT2D eigenvalue weighted by Crippen LogP contribution is -2.38. The van der Waals surface area contributed by atoms with Crippen LogP contribution < -0.4 is 20.7 Å². The van der Waals surface area contributed by atoms with Crippen LogP contribution in [0.15, 0.2) is 29.3 Å². The average molecular weight is 550 g/mol. The van der Waals surface area contributed by atoms with E-state index < -0.39 is 11.7 Å². The van der Waals surface area contributed by atoms with Gasteiger partial charge in [-0.1, -0.05) is 12.1 Å². The SMILES string of the molecule is CCNC(=NCCCNC(=O)OC(C)(C)C)NCCCOCc1ccc(OC)cc1.I. The first kappa shape index (κ1) is 29.2. The maximum absolute atomic E-state index is 11.6. The molecule has 3 N–H and O–H groups in total. The van der Waals surface area contributed by atoms with Gasteiger partial charge in [0.1, 0.15) is 11.4 Å². The molecule has 0 bridgehead atoms. The van der Waals surface area contributed by atoms with Gasteiger partial charge in [0.25, 0.3) is 0 Å². The van der Waals surface area contributed by atoms with E-state index in [0.29, 0.717) is 26.3 Å². The second kappa shape index (κ2) is 16.9. The van der Waals surface area contributed by atoms with Gasteiger partial charge in [-0.2, -0.15) is 0 Å². The highest BCUT2D eigenvalue weighted by atomic mass is 127. The number of alkyl carbamates (subject to hydrolysis) is 1. The van der Waals surface area contributed by atoms with Crippen molar-refractivity contribution in [2.75, 3.05) is 39.9 Å². The summed E-state index contributed by atoms with van der Waals surface area (Å²) in [4.78, 5) is 16.1. The van der Waals surface area contributed by atoms with Crippen molar-refractivity contribution >= 4 is 36.0 Å². The zero-order valence-corrected chi connectivity index (χ0v) is 21.8. The van der Waals surface area contributed by atoms with Crippen molar-refractivity contribution in [2.45, 2.75) is 52.7 Å². The molecule has 0 unspecified atom stereocenters. The number of carbonyl (C=O) groups excluding carboxylic acids is 1. The maximum Gasteiger partial charge on any atom is 0.407 e. The third kappa shape index (κ3) is 15.7. The number of aliphatic imine (C=N–C) groups is 1. The van der Waals surface area contributed by atoms with Crippen LogP contribution in [-0.4, -0.2) is 57.5 Å². The largest absolute Gasteiger partial charge is 0.497 e. The van der Waals surface area contributed by atoms with E-state index in [4.69, 9.17) is 14.2 Å². The van der Waals surface area contributed by atoms with E-state index >= 15 is 0 Å². The molecule has 0 saturated carbocycles. The summed E-state index contributed by atoms with van der Waals surface area (Å²) in [5.41, 5.74) is 0.640. The van der Waals surface area contributed by atoms with E-state index in [1.807, 2.05) is 52.0 Å². The van der Waals surface area contributed by atoms with Crippen molar-refractivity contribution in [1.29, 1.82) is 0 Å². The Morgan fingerprint density at radius 1 is 1.03 bits per heavy atom. The predicted octanol–water partition coefficient (Wildman–Crippen LogP) is 3.69. The van der Waals surface area contributed by atoms with E-state index in [1.54, 1.807) is 7.11 Å². The Hall–Kier alpha value is -1.75. The second-order valence-electron chi connectivity index (χ2n) is 7.72. The molecule has 0 atom stereocenters. The molecular formula is C22H39IN4O4. The molecule has 1 amide bonds. The van der Waals surface area contributed by atoms with Crippen LogP contribution in [0.4, 0.5) is 4.79 Å². The molecule has 31 heavy (non-hydrogen) atoms.